The van der Waals surface area contributed by atoms with Crippen molar-refractivity contribution in [1.82, 2.24) is 0 Å². The van der Waals surface area contributed by atoms with Gasteiger partial charge in [-0.15, -0.1) is 0 Å². The molecule has 0 radical (unpaired) electrons. The molecule has 0 saturated carbocycles. The third kappa shape index (κ3) is 7.86. The number of carbonyl (C=O) groups excluding carboxylic acids is 2. The lowest BCUT2D eigenvalue weighted by atomic mass is 9.86. The average molecular weight is 719 g/mol. The van der Waals surface area contributed by atoms with Crippen molar-refractivity contribution < 1.29 is 79.3 Å². The van der Waals surface area contributed by atoms with E-state index in [1.54, 1.807) is 0 Å². The number of hydrogen-bond donors (Lipinski definition) is 9. The highest BCUT2D eigenvalue weighted by molar-refractivity contribution is 5.90. The first-order valence-electron chi connectivity index (χ1n) is 15.2. The van der Waals surface area contributed by atoms with Crippen LogP contribution in [-0.2, 0) is 41.5 Å². The molecule has 0 saturated heterocycles. The monoisotopic (exact) mass is 718 g/mol. The Labute approximate surface area is 292 Å². The fourth-order valence-corrected chi connectivity index (χ4v) is 5.51. The van der Waals surface area contributed by atoms with Gasteiger partial charge in [-0.05, 0) is 70.8 Å². The second-order valence-corrected chi connectivity index (χ2v) is 11.6. The Hall–Kier alpha value is -7.10. The van der Waals surface area contributed by atoms with E-state index in [1.165, 1.54) is 36.4 Å². The van der Waals surface area contributed by atoms with Gasteiger partial charge in [0.15, 0.2) is 46.0 Å². The largest absolute Gasteiger partial charge is 0.504 e. The number of carboxylic acid groups (broad SMARTS) is 2. The molecule has 0 fully saturated rings. The fraction of sp³-hybridized carbons (Fsp3) is 0.167. The molecule has 9 N–H and O–H groups in total. The number of benzene rings is 4. The van der Waals surface area contributed by atoms with Crippen molar-refractivity contribution in [2.75, 3.05) is 0 Å². The number of carbonyl (C=O) groups is 4. The van der Waals surface area contributed by atoms with Gasteiger partial charge in [0.25, 0.3) is 0 Å². The van der Waals surface area contributed by atoms with Gasteiger partial charge in [-0.2, -0.15) is 0 Å². The van der Waals surface area contributed by atoms with Crippen LogP contribution in [-0.4, -0.2) is 82.0 Å². The molecule has 0 aliphatic carbocycles. The number of fused-ring (bicyclic) bond motifs is 1. The molecule has 1 aliphatic heterocycles. The summed E-state index contributed by atoms with van der Waals surface area (Å²) in [5.41, 5.74) is 0.344. The van der Waals surface area contributed by atoms with Gasteiger partial charge in [0, 0.05) is 24.5 Å². The number of phenols is 7. The lowest BCUT2D eigenvalue weighted by Gasteiger charge is -2.22. The molecule has 4 atom stereocenters. The number of ether oxygens (including phenoxy) is 3. The SMILES string of the molecule is O=C(/C=C/c1ccc(O)c(O)c1)OC(Cc1ccc(O)c2c1C(C(=O)OC(Cc1ccc(O)c(O)c1)C(=O)O)C(c1ccc(O)c(O)c1)O2)C(=O)O. The van der Waals surface area contributed by atoms with Crippen molar-refractivity contribution in [1.29, 1.82) is 0 Å². The molecule has 0 aromatic heterocycles. The van der Waals surface area contributed by atoms with E-state index in [0.29, 0.717) is 0 Å². The van der Waals surface area contributed by atoms with Gasteiger partial charge in [0.05, 0.1) is 0 Å². The van der Waals surface area contributed by atoms with Crippen molar-refractivity contribution >= 4 is 30.0 Å². The van der Waals surface area contributed by atoms with Gasteiger partial charge in [0.2, 0.25) is 12.2 Å². The summed E-state index contributed by atoms with van der Waals surface area (Å²) < 4.78 is 16.6. The second-order valence-electron chi connectivity index (χ2n) is 11.6. The summed E-state index contributed by atoms with van der Waals surface area (Å²) in [6.45, 7) is 0. The maximum absolute atomic E-state index is 14.0. The third-order valence-electron chi connectivity index (χ3n) is 8.05. The molecule has 5 rings (SSSR count). The molecule has 0 spiro atoms. The van der Waals surface area contributed by atoms with Gasteiger partial charge in [-0.25, -0.2) is 14.4 Å². The summed E-state index contributed by atoms with van der Waals surface area (Å²) in [6, 6.07) is 12.9. The molecule has 4 aromatic carbocycles. The van der Waals surface area contributed by atoms with E-state index in [-0.39, 0.29) is 33.6 Å². The Morgan fingerprint density at radius 1 is 0.654 bits per heavy atom. The van der Waals surface area contributed by atoms with E-state index in [0.717, 1.165) is 42.5 Å². The number of hydrogen-bond acceptors (Lipinski definition) is 14. The second kappa shape index (κ2) is 14.8. The highest BCUT2D eigenvalue weighted by Gasteiger charge is 2.46. The highest BCUT2D eigenvalue weighted by Crippen LogP contribution is 2.53. The van der Waals surface area contributed by atoms with Gasteiger partial charge in [-0.3, -0.25) is 4.79 Å². The quantitative estimate of drug-likeness (QED) is 0.0577. The molecule has 16 nitrogen and oxygen atoms in total. The summed E-state index contributed by atoms with van der Waals surface area (Å²) in [6.07, 6.45) is -4.21. The van der Waals surface area contributed by atoms with Crippen LogP contribution in [0.25, 0.3) is 6.08 Å². The minimum absolute atomic E-state index is 0.00298. The topological polar surface area (TPSA) is 278 Å². The summed E-state index contributed by atoms with van der Waals surface area (Å²) >= 11 is 0. The minimum Gasteiger partial charge on any atom is -0.504 e. The van der Waals surface area contributed by atoms with Crippen LogP contribution in [0.5, 0.6) is 46.0 Å². The fourth-order valence-electron chi connectivity index (χ4n) is 5.51. The lowest BCUT2D eigenvalue weighted by molar-refractivity contribution is -0.166. The summed E-state index contributed by atoms with van der Waals surface area (Å²) in [5.74, 6) is -11.1. The van der Waals surface area contributed by atoms with Crippen LogP contribution in [0.3, 0.4) is 0 Å². The predicted octanol–water partition coefficient (Wildman–Crippen LogP) is 3.33. The number of aromatic hydroxyl groups is 7. The van der Waals surface area contributed by atoms with E-state index in [1.807, 2.05) is 0 Å². The maximum Gasteiger partial charge on any atom is 0.345 e. The molecule has 1 aliphatic rings. The van der Waals surface area contributed by atoms with Gasteiger partial charge in [-0.1, -0.05) is 24.3 Å². The lowest BCUT2D eigenvalue weighted by Crippen LogP contribution is -2.33. The Morgan fingerprint density at radius 3 is 1.85 bits per heavy atom. The minimum atomic E-state index is -1.89. The van der Waals surface area contributed by atoms with Crippen molar-refractivity contribution in [3.63, 3.8) is 0 Å². The molecule has 4 aromatic rings. The molecule has 16 heteroatoms. The zero-order chi connectivity index (χ0) is 37.9. The van der Waals surface area contributed by atoms with Crippen molar-refractivity contribution in [3.05, 3.63) is 101 Å². The van der Waals surface area contributed by atoms with E-state index >= 15 is 0 Å². The van der Waals surface area contributed by atoms with E-state index in [9.17, 15) is 65.1 Å². The van der Waals surface area contributed by atoms with Crippen LogP contribution < -0.4 is 4.74 Å². The zero-order valence-corrected chi connectivity index (χ0v) is 26.6. The van der Waals surface area contributed by atoms with E-state index in [4.69, 9.17) is 14.2 Å². The predicted molar refractivity (Wildman–Crippen MR) is 175 cm³/mol. The standard InChI is InChI=1S/C36H30O16/c37-20-6-1-16(11-24(20)41)3-10-29(44)50-28(35(47)48)15-18-4-9-23(40)33-30(18)31(32(52-33)19-5-8-22(39)26(43)14-19)36(49)51-27(34(45)46)13-17-2-7-21(38)25(42)12-17/h1-12,14,27-28,31-32,37-43H,13,15H2,(H,45,46)(H,47,48)/b10-3+. The third-order valence-corrected chi connectivity index (χ3v) is 8.05. The van der Waals surface area contributed by atoms with Gasteiger partial charge >= 0.3 is 23.9 Å². The van der Waals surface area contributed by atoms with E-state index in [2.05, 4.69) is 0 Å². The Morgan fingerprint density at radius 2 is 1.23 bits per heavy atom. The average Bonchev–Trinajstić information content (AvgIpc) is 3.50. The first kappa shape index (κ1) is 36.2. The number of phenolic OH excluding ortho intramolecular Hbond substituents is 7. The van der Waals surface area contributed by atoms with Crippen LogP contribution in [0.15, 0.2) is 72.8 Å². The molecule has 1 heterocycles. The van der Waals surface area contributed by atoms with Crippen LogP contribution in [0.1, 0.15) is 39.8 Å². The first-order valence-corrected chi connectivity index (χ1v) is 15.2. The van der Waals surface area contributed by atoms with Gasteiger partial charge in [0.1, 0.15) is 12.0 Å². The molecule has 4 unspecified atom stereocenters. The number of carboxylic acids is 2. The Bertz CT molecular complexity index is 2090. The number of aliphatic carboxylic acids is 2. The molecule has 0 bridgehead atoms. The molecule has 52 heavy (non-hydrogen) atoms. The summed E-state index contributed by atoms with van der Waals surface area (Å²) in [7, 11) is 0. The molecular formula is C36H30O16. The van der Waals surface area contributed by atoms with Crippen LogP contribution in [0.4, 0.5) is 0 Å². The van der Waals surface area contributed by atoms with Gasteiger partial charge < -0.3 is 60.2 Å². The van der Waals surface area contributed by atoms with Crippen LogP contribution >= 0.6 is 0 Å². The molecule has 0 amide bonds. The maximum atomic E-state index is 14.0. The summed E-state index contributed by atoms with van der Waals surface area (Å²) in [4.78, 5) is 51.2. The smallest absolute Gasteiger partial charge is 0.345 e. The van der Waals surface area contributed by atoms with Crippen molar-refractivity contribution in [2.45, 2.75) is 37.1 Å². The Kier molecular flexibility index (Phi) is 10.3. The van der Waals surface area contributed by atoms with E-state index < -0.39 is 101 Å². The molecular weight excluding hydrogens is 688 g/mol. The van der Waals surface area contributed by atoms with Crippen LogP contribution in [0, 0.1) is 0 Å². The number of rotatable bonds is 12. The molecule has 270 valence electrons. The summed E-state index contributed by atoms with van der Waals surface area (Å²) in [5, 5.41) is 89.4. The zero-order valence-electron chi connectivity index (χ0n) is 26.6. The van der Waals surface area contributed by atoms with Crippen molar-refractivity contribution in [3.8, 4) is 46.0 Å². The first-order chi connectivity index (χ1) is 24.6. The highest BCUT2D eigenvalue weighted by atomic mass is 16.6. The normalized spacial score (nSPS) is 16.0. The number of esters is 2. The van der Waals surface area contributed by atoms with Crippen molar-refractivity contribution in [2.24, 2.45) is 0 Å². The van der Waals surface area contributed by atoms with Crippen LogP contribution in [0.2, 0.25) is 0 Å². The Balaban J connectivity index is 1.49.